The van der Waals surface area contributed by atoms with Crippen molar-refractivity contribution in [2.45, 2.75) is 57.7 Å². The van der Waals surface area contributed by atoms with E-state index in [1.54, 1.807) is 11.6 Å². The van der Waals surface area contributed by atoms with Gasteiger partial charge in [-0.3, -0.25) is 13.9 Å². The Kier molecular flexibility index (Phi) is 6.36. The number of hydrogen-bond acceptors (Lipinski definition) is 6. The Balaban J connectivity index is 1.66. The molecule has 0 amide bonds. The van der Waals surface area contributed by atoms with Crippen LogP contribution in [-0.4, -0.2) is 42.5 Å². The molecule has 1 fully saturated rings. The van der Waals surface area contributed by atoms with Crippen LogP contribution >= 0.6 is 0 Å². The highest BCUT2D eigenvalue weighted by molar-refractivity contribution is 5.74. The Morgan fingerprint density at radius 3 is 2.66 bits per heavy atom. The van der Waals surface area contributed by atoms with Crippen molar-refractivity contribution in [2.24, 2.45) is 14.1 Å². The van der Waals surface area contributed by atoms with Gasteiger partial charge < -0.3 is 19.7 Å². The van der Waals surface area contributed by atoms with Gasteiger partial charge in [0.1, 0.15) is 18.5 Å². The van der Waals surface area contributed by atoms with Crippen molar-refractivity contribution < 1.29 is 9.84 Å². The van der Waals surface area contributed by atoms with E-state index in [4.69, 9.17) is 4.74 Å². The molecule has 1 aliphatic rings. The van der Waals surface area contributed by atoms with Crippen LogP contribution in [0.25, 0.3) is 11.2 Å². The van der Waals surface area contributed by atoms with Gasteiger partial charge in [0, 0.05) is 20.1 Å². The molecule has 0 unspecified atom stereocenters. The first-order valence-corrected chi connectivity index (χ1v) is 11.2. The van der Waals surface area contributed by atoms with Crippen molar-refractivity contribution in [3.05, 3.63) is 50.7 Å². The predicted molar refractivity (Wildman–Crippen MR) is 123 cm³/mol. The lowest BCUT2D eigenvalue weighted by Crippen LogP contribution is -2.38. The maximum Gasteiger partial charge on any atom is 0.332 e. The van der Waals surface area contributed by atoms with E-state index in [0.717, 1.165) is 35.8 Å². The standard InChI is InChI=1S/C23H31N5O4/c1-15-8-7-11-18(12-15)32-14-17(29)13-28-19-20(26(2)23(31)27(3)21(19)30)25-22(28)24-16-9-5-4-6-10-16/h7-8,11-12,16-17,29H,4-6,9-10,13-14H2,1-3H3,(H,24,25)/t17-/m0/s1. The molecule has 2 aromatic heterocycles. The van der Waals surface area contributed by atoms with Gasteiger partial charge in [-0.2, -0.15) is 4.98 Å². The van der Waals surface area contributed by atoms with Gasteiger partial charge in [0.25, 0.3) is 5.56 Å². The molecule has 3 aromatic rings. The van der Waals surface area contributed by atoms with Crippen LogP contribution in [0.4, 0.5) is 5.95 Å². The molecule has 0 spiro atoms. The van der Waals surface area contributed by atoms with Crippen LogP contribution in [-0.2, 0) is 20.6 Å². The molecular weight excluding hydrogens is 410 g/mol. The van der Waals surface area contributed by atoms with Gasteiger partial charge in [-0.25, -0.2) is 4.79 Å². The summed E-state index contributed by atoms with van der Waals surface area (Å²) in [5, 5.41) is 14.2. The summed E-state index contributed by atoms with van der Waals surface area (Å²) < 4.78 is 9.88. The summed E-state index contributed by atoms with van der Waals surface area (Å²) in [6, 6.07) is 7.87. The molecule has 32 heavy (non-hydrogen) atoms. The topological polar surface area (TPSA) is 103 Å². The third-order valence-electron chi connectivity index (χ3n) is 6.11. The number of hydrogen-bond donors (Lipinski definition) is 2. The van der Waals surface area contributed by atoms with E-state index >= 15 is 0 Å². The number of aromatic nitrogens is 4. The zero-order valence-corrected chi connectivity index (χ0v) is 18.9. The number of anilines is 1. The Bertz CT molecular complexity index is 1220. The largest absolute Gasteiger partial charge is 0.491 e. The fourth-order valence-electron chi connectivity index (χ4n) is 4.32. The number of nitrogens with zero attached hydrogens (tertiary/aromatic N) is 4. The molecule has 172 valence electrons. The minimum absolute atomic E-state index is 0.0675. The first kappa shape index (κ1) is 22.1. The predicted octanol–water partition coefficient (Wildman–Crippen LogP) is 1.93. The SMILES string of the molecule is Cc1cccc(OC[C@@H](O)Cn2c(NC3CCCCC3)nc3c2c(=O)n(C)c(=O)n3C)c1. The molecule has 1 aromatic carbocycles. The van der Waals surface area contributed by atoms with Crippen molar-refractivity contribution in [3.63, 3.8) is 0 Å². The lowest BCUT2D eigenvalue weighted by atomic mass is 9.96. The van der Waals surface area contributed by atoms with E-state index in [0.29, 0.717) is 22.9 Å². The molecular formula is C23H31N5O4. The number of ether oxygens (including phenoxy) is 1. The monoisotopic (exact) mass is 441 g/mol. The maximum absolute atomic E-state index is 13.0. The average molecular weight is 442 g/mol. The fraction of sp³-hybridized carbons (Fsp3) is 0.522. The Morgan fingerprint density at radius 2 is 1.94 bits per heavy atom. The quantitative estimate of drug-likeness (QED) is 0.581. The lowest BCUT2D eigenvalue weighted by Gasteiger charge is -2.24. The molecule has 0 aliphatic heterocycles. The molecule has 4 rings (SSSR count). The maximum atomic E-state index is 13.0. The third-order valence-corrected chi connectivity index (χ3v) is 6.11. The second-order valence-electron chi connectivity index (χ2n) is 8.68. The van der Waals surface area contributed by atoms with Gasteiger partial charge in [-0.1, -0.05) is 31.4 Å². The van der Waals surface area contributed by atoms with Crippen LogP contribution < -0.4 is 21.3 Å². The van der Waals surface area contributed by atoms with Gasteiger partial charge in [0.05, 0.1) is 6.54 Å². The van der Waals surface area contributed by atoms with E-state index in [1.807, 2.05) is 31.2 Å². The fourth-order valence-corrected chi connectivity index (χ4v) is 4.32. The van der Waals surface area contributed by atoms with Crippen molar-refractivity contribution >= 4 is 17.1 Å². The lowest BCUT2D eigenvalue weighted by molar-refractivity contribution is 0.0937. The number of fused-ring (bicyclic) bond motifs is 1. The Labute approximate surface area is 186 Å². The van der Waals surface area contributed by atoms with Crippen molar-refractivity contribution in [2.75, 3.05) is 11.9 Å². The summed E-state index contributed by atoms with van der Waals surface area (Å²) in [4.78, 5) is 30.0. The number of rotatable bonds is 7. The van der Waals surface area contributed by atoms with E-state index in [1.165, 1.54) is 18.0 Å². The minimum Gasteiger partial charge on any atom is -0.491 e. The highest BCUT2D eigenvalue weighted by Crippen LogP contribution is 2.23. The molecule has 2 N–H and O–H groups in total. The van der Waals surface area contributed by atoms with Crippen LogP contribution in [0.1, 0.15) is 37.7 Å². The van der Waals surface area contributed by atoms with E-state index in [-0.39, 0.29) is 19.2 Å². The zero-order chi connectivity index (χ0) is 22.8. The van der Waals surface area contributed by atoms with Crippen LogP contribution in [0.5, 0.6) is 5.75 Å². The smallest absolute Gasteiger partial charge is 0.332 e. The van der Waals surface area contributed by atoms with Crippen LogP contribution in [0, 0.1) is 6.92 Å². The molecule has 0 saturated heterocycles. The number of aryl methyl sites for hydroxylation is 2. The molecule has 0 radical (unpaired) electrons. The molecule has 1 saturated carbocycles. The molecule has 2 heterocycles. The van der Waals surface area contributed by atoms with Gasteiger partial charge in [-0.15, -0.1) is 0 Å². The van der Waals surface area contributed by atoms with E-state index in [2.05, 4.69) is 10.3 Å². The second kappa shape index (κ2) is 9.20. The summed E-state index contributed by atoms with van der Waals surface area (Å²) >= 11 is 0. The van der Waals surface area contributed by atoms with Crippen molar-refractivity contribution in [3.8, 4) is 5.75 Å². The Morgan fingerprint density at radius 1 is 1.19 bits per heavy atom. The molecule has 1 aliphatic carbocycles. The van der Waals surface area contributed by atoms with Crippen LogP contribution in [0.3, 0.4) is 0 Å². The van der Waals surface area contributed by atoms with Crippen LogP contribution in [0.2, 0.25) is 0 Å². The first-order valence-electron chi connectivity index (χ1n) is 11.2. The van der Waals surface area contributed by atoms with E-state index < -0.39 is 17.4 Å². The number of imidazole rings is 1. The number of benzene rings is 1. The average Bonchev–Trinajstić information content (AvgIpc) is 3.13. The summed E-state index contributed by atoms with van der Waals surface area (Å²) in [5.41, 5.74) is 0.811. The molecule has 1 atom stereocenters. The zero-order valence-electron chi connectivity index (χ0n) is 18.9. The summed E-state index contributed by atoms with van der Waals surface area (Å²) in [7, 11) is 3.05. The summed E-state index contributed by atoms with van der Waals surface area (Å²) in [6.45, 7) is 2.16. The molecule has 0 bridgehead atoms. The second-order valence-corrected chi connectivity index (χ2v) is 8.68. The van der Waals surface area contributed by atoms with Gasteiger partial charge in [-0.05, 0) is 37.5 Å². The first-order chi connectivity index (χ1) is 15.3. The van der Waals surface area contributed by atoms with Gasteiger partial charge >= 0.3 is 5.69 Å². The number of nitrogens with one attached hydrogen (secondary N) is 1. The summed E-state index contributed by atoms with van der Waals surface area (Å²) in [6.07, 6.45) is 4.69. The van der Waals surface area contributed by atoms with Gasteiger partial charge in [0.2, 0.25) is 5.95 Å². The molecule has 9 nitrogen and oxygen atoms in total. The van der Waals surface area contributed by atoms with E-state index in [9.17, 15) is 14.7 Å². The van der Waals surface area contributed by atoms with Gasteiger partial charge in [0.15, 0.2) is 11.2 Å². The molecule has 9 heteroatoms. The van der Waals surface area contributed by atoms with Crippen molar-refractivity contribution in [1.29, 1.82) is 0 Å². The van der Waals surface area contributed by atoms with Crippen LogP contribution in [0.15, 0.2) is 33.9 Å². The minimum atomic E-state index is -0.873. The highest BCUT2D eigenvalue weighted by Gasteiger charge is 2.23. The van der Waals surface area contributed by atoms with Crippen molar-refractivity contribution in [1.82, 2.24) is 18.7 Å². The normalized spacial score (nSPS) is 15.8. The Hall–Kier alpha value is -3.07. The summed E-state index contributed by atoms with van der Waals surface area (Å²) in [5.74, 6) is 1.18. The number of aliphatic hydroxyl groups is 1. The third kappa shape index (κ3) is 4.43. The highest BCUT2D eigenvalue weighted by atomic mass is 16.5. The number of aliphatic hydroxyl groups excluding tert-OH is 1.